The zero-order valence-electron chi connectivity index (χ0n) is 21.8. The van der Waals surface area contributed by atoms with Crippen molar-refractivity contribution in [3.05, 3.63) is 63.9 Å². The molecule has 1 atom stereocenters. The van der Waals surface area contributed by atoms with Gasteiger partial charge in [0.05, 0.1) is 4.47 Å². The van der Waals surface area contributed by atoms with Crippen LogP contribution in [0.25, 0.3) is 0 Å². The van der Waals surface area contributed by atoms with Crippen LogP contribution in [-0.2, 0) is 21.5 Å². The summed E-state index contributed by atoms with van der Waals surface area (Å²) >= 11 is 3.56. The molecule has 1 saturated carbocycles. The Morgan fingerprint density at radius 3 is 2.36 bits per heavy atom. The maximum absolute atomic E-state index is 13.5. The summed E-state index contributed by atoms with van der Waals surface area (Å²) < 4.78 is 20.1. The van der Waals surface area contributed by atoms with E-state index >= 15 is 0 Å². The quantitative estimate of drug-likeness (QED) is 0.379. The van der Waals surface area contributed by atoms with Gasteiger partial charge in [0.15, 0.2) is 6.61 Å². The van der Waals surface area contributed by atoms with Crippen LogP contribution in [0, 0.1) is 5.82 Å². The molecule has 2 amide bonds. The number of hydrogen-bond acceptors (Lipinski definition) is 3. The minimum absolute atomic E-state index is 0.0110. The molecule has 0 aliphatic heterocycles. The third-order valence-corrected chi connectivity index (χ3v) is 7.37. The Labute approximate surface area is 222 Å². The maximum Gasteiger partial charge on any atom is 0.261 e. The smallest absolute Gasteiger partial charge is 0.261 e. The fourth-order valence-corrected chi connectivity index (χ4v) is 5.05. The van der Waals surface area contributed by atoms with Gasteiger partial charge in [0.2, 0.25) is 5.91 Å². The highest BCUT2D eigenvalue weighted by atomic mass is 79.9. The summed E-state index contributed by atoms with van der Waals surface area (Å²) in [7, 11) is 0. The van der Waals surface area contributed by atoms with Gasteiger partial charge in [-0.05, 0) is 76.0 Å². The number of hydrogen-bond donors (Lipinski definition) is 1. The molecule has 1 aliphatic rings. The first-order valence-corrected chi connectivity index (χ1v) is 13.6. The van der Waals surface area contributed by atoms with Crippen LogP contribution in [0.4, 0.5) is 4.39 Å². The van der Waals surface area contributed by atoms with E-state index in [4.69, 9.17) is 4.74 Å². The molecule has 1 aliphatic carbocycles. The van der Waals surface area contributed by atoms with Gasteiger partial charge in [0.1, 0.15) is 17.6 Å². The first-order chi connectivity index (χ1) is 17.1. The Morgan fingerprint density at radius 1 is 1.11 bits per heavy atom. The van der Waals surface area contributed by atoms with E-state index in [0.29, 0.717) is 12.2 Å². The molecule has 0 bridgehead atoms. The topological polar surface area (TPSA) is 58.6 Å². The molecule has 0 heterocycles. The van der Waals surface area contributed by atoms with E-state index in [1.54, 1.807) is 17.0 Å². The standard InChI is InChI=1S/C29H38BrFN2O3/c1-5-25(28(35)32-23-9-7-6-8-10-23)33(18-20-11-14-22(31)15-12-20)27(34)19-36-26-16-13-21(17-24(26)30)29(2,3)4/h11-17,23,25H,5-10,18-19H2,1-4H3,(H,32,35). The number of benzene rings is 2. The predicted octanol–water partition coefficient (Wildman–Crippen LogP) is 6.52. The lowest BCUT2D eigenvalue weighted by atomic mass is 9.87. The molecule has 0 aromatic heterocycles. The van der Waals surface area contributed by atoms with Crippen LogP contribution in [0.1, 0.15) is 77.3 Å². The van der Waals surface area contributed by atoms with Crippen molar-refractivity contribution in [1.82, 2.24) is 10.2 Å². The van der Waals surface area contributed by atoms with Crippen molar-refractivity contribution in [1.29, 1.82) is 0 Å². The van der Waals surface area contributed by atoms with Gasteiger partial charge in [0, 0.05) is 12.6 Å². The summed E-state index contributed by atoms with van der Waals surface area (Å²) in [6, 6.07) is 11.4. The lowest BCUT2D eigenvalue weighted by Gasteiger charge is -2.32. The van der Waals surface area contributed by atoms with Crippen molar-refractivity contribution in [3.63, 3.8) is 0 Å². The normalized spacial score (nSPS) is 15.3. The summed E-state index contributed by atoms with van der Waals surface area (Å²) in [6.45, 7) is 8.30. The van der Waals surface area contributed by atoms with Crippen LogP contribution in [-0.4, -0.2) is 35.4 Å². The second-order valence-electron chi connectivity index (χ2n) is 10.6. The monoisotopic (exact) mass is 560 g/mol. The van der Waals surface area contributed by atoms with E-state index < -0.39 is 6.04 Å². The minimum Gasteiger partial charge on any atom is -0.483 e. The number of carbonyl (C=O) groups is 2. The Balaban J connectivity index is 1.76. The molecule has 3 rings (SSSR count). The second-order valence-corrected chi connectivity index (χ2v) is 11.5. The van der Waals surface area contributed by atoms with Crippen LogP contribution in [0.3, 0.4) is 0 Å². The second kappa shape index (κ2) is 12.7. The zero-order chi connectivity index (χ0) is 26.3. The van der Waals surface area contributed by atoms with Gasteiger partial charge in [-0.15, -0.1) is 0 Å². The molecule has 7 heteroatoms. The van der Waals surface area contributed by atoms with Crippen molar-refractivity contribution in [2.45, 2.75) is 90.3 Å². The highest BCUT2D eigenvalue weighted by Crippen LogP contribution is 2.31. The van der Waals surface area contributed by atoms with Crippen molar-refractivity contribution in [2.24, 2.45) is 0 Å². The number of halogens is 2. The molecule has 0 saturated heterocycles. The van der Waals surface area contributed by atoms with Gasteiger partial charge in [-0.2, -0.15) is 0 Å². The number of carbonyl (C=O) groups excluding carboxylic acids is 2. The number of ether oxygens (including phenoxy) is 1. The molecule has 0 radical (unpaired) electrons. The third kappa shape index (κ3) is 7.79. The zero-order valence-corrected chi connectivity index (χ0v) is 23.4. The van der Waals surface area contributed by atoms with Gasteiger partial charge < -0.3 is 15.0 Å². The molecule has 0 spiro atoms. The average molecular weight is 562 g/mol. The van der Waals surface area contributed by atoms with Crippen molar-refractivity contribution in [3.8, 4) is 5.75 Å². The number of nitrogens with one attached hydrogen (secondary N) is 1. The molecule has 2 aromatic rings. The van der Waals surface area contributed by atoms with E-state index in [0.717, 1.165) is 41.3 Å². The Hall–Kier alpha value is -2.41. The highest BCUT2D eigenvalue weighted by molar-refractivity contribution is 9.10. The average Bonchev–Trinajstić information content (AvgIpc) is 2.84. The molecule has 1 unspecified atom stereocenters. The number of nitrogens with zero attached hydrogens (tertiary/aromatic N) is 1. The van der Waals surface area contributed by atoms with Crippen molar-refractivity contribution >= 4 is 27.7 Å². The molecule has 36 heavy (non-hydrogen) atoms. The largest absolute Gasteiger partial charge is 0.483 e. The molecular formula is C29H38BrFN2O3. The Kier molecular flexibility index (Phi) is 9.94. The summed E-state index contributed by atoms with van der Waals surface area (Å²) in [5.74, 6) is -0.212. The molecule has 1 fully saturated rings. The van der Waals surface area contributed by atoms with Crippen LogP contribution < -0.4 is 10.1 Å². The van der Waals surface area contributed by atoms with Gasteiger partial charge in [0.25, 0.3) is 5.91 Å². The van der Waals surface area contributed by atoms with E-state index in [9.17, 15) is 14.0 Å². The van der Waals surface area contributed by atoms with Crippen LogP contribution in [0.2, 0.25) is 0 Å². The summed E-state index contributed by atoms with van der Waals surface area (Å²) in [5.41, 5.74) is 1.89. The fourth-order valence-electron chi connectivity index (χ4n) is 4.56. The van der Waals surface area contributed by atoms with Gasteiger partial charge in [-0.3, -0.25) is 9.59 Å². The Morgan fingerprint density at radius 2 is 1.78 bits per heavy atom. The highest BCUT2D eigenvalue weighted by Gasteiger charge is 2.30. The third-order valence-electron chi connectivity index (χ3n) is 6.75. The molecule has 2 aromatic carbocycles. The van der Waals surface area contributed by atoms with Crippen LogP contribution >= 0.6 is 15.9 Å². The fraction of sp³-hybridized carbons (Fsp3) is 0.517. The summed E-state index contributed by atoms with van der Waals surface area (Å²) in [5, 5.41) is 3.16. The lowest BCUT2D eigenvalue weighted by molar-refractivity contribution is -0.143. The van der Waals surface area contributed by atoms with E-state index in [1.165, 1.54) is 18.6 Å². The molecule has 196 valence electrons. The number of amides is 2. The van der Waals surface area contributed by atoms with Crippen molar-refractivity contribution < 1.29 is 18.7 Å². The van der Waals surface area contributed by atoms with Gasteiger partial charge in [-0.25, -0.2) is 4.39 Å². The van der Waals surface area contributed by atoms with Crippen molar-refractivity contribution in [2.75, 3.05) is 6.61 Å². The molecule has 5 nitrogen and oxygen atoms in total. The van der Waals surface area contributed by atoms with E-state index in [-0.39, 0.29) is 42.2 Å². The van der Waals surface area contributed by atoms with E-state index in [2.05, 4.69) is 42.0 Å². The van der Waals surface area contributed by atoms with Gasteiger partial charge in [-0.1, -0.05) is 65.2 Å². The van der Waals surface area contributed by atoms with Gasteiger partial charge >= 0.3 is 0 Å². The first-order valence-electron chi connectivity index (χ1n) is 12.9. The molecular weight excluding hydrogens is 523 g/mol. The summed E-state index contributed by atoms with van der Waals surface area (Å²) in [6.07, 6.45) is 5.82. The van der Waals surface area contributed by atoms with Crippen LogP contribution in [0.5, 0.6) is 5.75 Å². The SMILES string of the molecule is CCC(C(=O)NC1CCCCC1)N(Cc1ccc(F)cc1)C(=O)COc1ccc(C(C)(C)C)cc1Br. The number of rotatable bonds is 9. The maximum atomic E-state index is 13.5. The molecule has 1 N–H and O–H groups in total. The van der Waals surface area contributed by atoms with Crippen LogP contribution in [0.15, 0.2) is 46.9 Å². The Bertz CT molecular complexity index is 1030. The lowest BCUT2D eigenvalue weighted by Crippen LogP contribution is -2.52. The first kappa shape index (κ1) is 28.2. The minimum atomic E-state index is -0.639. The van der Waals surface area contributed by atoms with E-state index in [1.807, 2.05) is 25.1 Å². The predicted molar refractivity (Wildman–Crippen MR) is 144 cm³/mol. The summed E-state index contributed by atoms with van der Waals surface area (Å²) in [4.78, 5) is 28.3.